The molecule has 0 saturated carbocycles. The third-order valence-electron chi connectivity index (χ3n) is 4.80. The van der Waals surface area contributed by atoms with E-state index in [2.05, 4.69) is 74.8 Å². The fourth-order valence-corrected chi connectivity index (χ4v) is 6.02. The van der Waals surface area contributed by atoms with Crippen LogP contribution in [0.1, 0.15) is 94.6 Å². The number of hydrogen-bond donors (Lipinski definition) is 0. The molecule has 2 unspecified atom stereocenters. The largest absolute Gasteiger partial charge is 0.508 e. The normalized spacial score (nSPS) is 14.3. The Morgan fingerprint density at radius 2 is 1.26 bits per heavy atom. The summed E-state index contributed by atoms with van der Waals surface area (Å²) in [5, 5.41) is 0. The van der Waals surface area contributed by atoms with E-state index in [1.807, 2.05) is 0 Å². The third kappa shape index (κ3) is 8.36. The summed E-state index contributed by atoms with van der Waals surface area (Å²) in [6, 6.07) is 8.73. The van der Waals surface area contributed by atoms with Crippen molar-refractivity contribution in [2.75, 3.05) is 19.8 Å². The molecule has 27 heavy (non-hydrogen) atoms. The maximum atomic E-state index is 6.46. The van der Waals surface area contributed by atoms with Crippen molar-refractivity contribution in [2.45, 2.75) is 83.5 Å². The van der Waals surface area contributed by atoms with Gasteiger partial charge in [-0.05, 0) is 37.3 Å². The van der Waals surface area contributed by atoms with Crippen LogP contribution >= 0.6 is 15.9 Å². The maximum absolute atomic E-state index is 6.46. The van der Waals surface area contributed by atoms with Gasteiger partial charge in [-0.1, -0.05) is 87.2 Å². The monoisotopic (exact) mass is 458 g/mol. The average Bonchev–Trinajstić information content (AvgIpc) is 2.67. The van der Waals surface area contributed by atoms with Gasteiger partial charge in [-0.15, -0.1) is 0 Å². The van der Waals surface area contributed by atoms with Crippen molar-refractivity contribution in [1.82, 2.24) is 0 Å². The van der Waals surface area contributed by atoms with E-state index in [4.69, 9.17) is 13.3 Å². The Kier molecular flexibility index (Phi) is 12.8. The first kappa shape index (κ1) is 24.8. The van der Waals surface area contributed by atoms with E-state index in [1.54, 1.807) is 0 Å². The van der Waals surface area contributed by atoms with Crippen LogP contribution in [0.4, 0.5) is 0 Å². The van der Waals surface area contributed by atoms with Crippen LogP contribution in [0.3, 0.4) is 0 Å². The lowest BCUT2D eigenvalue weighted by atomic mass is 10.1. The molecule has 0 N–H and O–H groups in total. The van der Waals surface area contributed by atoms with Crippen LogP contribution in [0.2, 0.25) is 0 Å². The fourth-order valence-electron chi connectivity index (χ4n) is 2.86. The second-order valence-corrected chi connectivity index (χ2v) is 11.5. The van der Waals surface area contributed by atoms with E-state index in [-0.39, 0.29) is 5.54 Å². The summed E-state index contributed by atoms with van der Waals surface area (Å²) in [5.41, 5.74) is 2.64. The molecule has 0 aliphatic rings. The zero-order valence-electron chi connectivity index (χ0n) is 17.9. The number of hydrogen-bond acceptors (Lipinski definition) is 3. The van der Waals surface area contributed by atoms with Crippen molar-refractivity contribution in [3.63, 3.8) is 0 Å². The number of halogens is 1. The molecule has 0 bridgehead atoms. The van der Waals surface area contributed by atoms with E-state index < -0.39 is 8.80 Å². The fraction of sp³-hybridized carbons (Fsp3) is 0.727. The van der Waals surface area contributed by atoms with E-state index in [9.17, 15) is 0 Å². The van der Waals surface area contributed by atoms with Crippen LogP contribution in [-0.4, -0.2) is 28.6 Å². The van der Waals surface area contributed by atoms with Crippen LogP contribution in [0.25, 0.3) is 0 Å². The average molecular weight is 460 g/mol. The lowest BCUT2D eigenvalue weighted by Crippen LogP contribution is -2.51. The molecule has 0 radical (unpaired) electrons. The van der Waals surface area contributed by atoms with Gasteiger partial charge in [0.05, 0.1) is 5.54 Å². The summed E-state index contributed by atoms with van der Waals surface area (Å²) in [6.45, 7) is 13.1. The Morgan fingerprint density at radius 1 is 0.815 bits per heavy atom. The van der Waals surface area contributed by atoms with E-state index >= 15 is 0 Å². The Labute approximate surface area is 176 Å². The molecule has 0 saturated heterocycles. The van der Waals surface area contributed by atoms with Gasteiger partial charge < -0.3 is 13.3 Å². The van der Waals surface area contributed by atoms with E-state index in [0.717, 1.165) is 38.5 Å². The lowest BCUT2D eigenvalue weighted by Gasteiger charge is -2.35. The molecule has 1 rings (SSSR count). The van der Waals surface area contributed by atoms with Gasteiger partial charge in [0.15, 0.2) is 0 Å². The molecule has 1 aromatic carbocycles. The number of unbranched alkanes of at least 4 members (excludes halogenated alkanes) is 3. The Bertz CT molecular complexity index is 484. The van der Waals surface area contributed by atoms with Crippen molar-refractivity contribution in [3.8, 4) is 0 Å². The molecule has 0 spiro atoms. The quantitative estimate of drug-likeness (QED) is 0.158. The molecular weight excluding hydrogens is 420 g/mol. The highest BCUT2D eigenvalue weighted by atomic mass is 79.9. The highest BCUT2D eigenvalue weighted by molar-refractivity contribution is 9.09. The minimum absolute atomic E-state index is 0.120. The topological polar surface area (TPSA) is 27.7 Å². The summed E-state index contributed by atoms with van der Waals surface area (Å²) >= 11 is 3.69. The second kappa shape index (κ2) is 13.9. The number of rotatable bonds is 15. The van der Waals surface area contributed by atoms with Gasteiger partial charge in [0.25, 0.3) is 0 Å². The smallest absolute Gasteiger partial charge is 0.373 e. The molecule has 0 aliphatic carbocycles. The molecule has 5 heteroatoms. The van der Waals surface area contributed by atoms with Crippen LogP contribution in [0.5, 0.6) is 0 Å². The molecule has 1 aromatic rings. The lowest BCUT2D eigenvalue weighted by molar-refractivity contribution is 0.0488. The summed E-state index contributed by atoms with van der Waals surface area (Å²) in [6.07, 6.45) is 6.44. The zero-order chi connectivity index (χ0) is 20.1. The van der Waals surface area contributed by atoms with E-state index in [1.165, 1.54) is 11.1 Å². The summed E-state index contributed by atoms with van der Waals surface area (Å²) in [4.78, 5) is 0.323. The first-order chi connectivity index (χ1) is 13.0. The Hall–Kier alpha value is -0.203. The Morgan fingerprint density at radius 3 is 1.67 bits per heavy atom. The molecule has 0 amide bonds. The van der Waals surface area contributed by atoms with Gasteiger partial charge in [-0.3, -0.25) is 0 Å². The third-order valence-corrected chi connectivity index (χ3v) is 8.55. The highest BCUT2D eigenvalue weighted by Crippen LogP contribution is 2.33. The highest BCUT2D eigenvalue weighted by Gasteiger charge is 2.48. The van der Waals surface area contributed by atoms with Crippen LogP contribution in [0, 0.1) is 0 Å². The van der Waals surface area contributed by atoms with Gasteiger partial charge in [0.1, 0.15) is 0 Å². The minimum Gasteiger partial charge on any atom is -0.373 e. The van der Waals surface area contributed by atoms with E-state index in [0.29, 0.717) is 24.6 Å². The van der Waals surface area contributed by atoms with Crippen molar-refractivity contribution < 1.29 is 13.3 Å². The summed E-state index contributed by atoms with van der Waals surface area (Å²) < 4.78 is 19.4. The van der Waals surface area contributed by atoms with Crippen molar-refractivity contribution >= 4 is 24.7 Å². The molecule has 156 valence electrons. The first-order valence-corrected chi connectivity index (χ1v) is 13.4. The minimum atomic E-state index is -2.82. The molecule has 0 fully saturated rings. The summed E-state index contributed by atoms with van der Waals surface area (Å²) in [5.74, 6) is 0. The number of benzene rings is 1. The Balaban J connectivity index is 3.13. The van der Waals surface area contributed by atoms with Crippen LogP contribution in [-0.2, 0) is 13.3 Å². The molecular formula is C22H39BrO3Si. The van der Waals surface area contributed by atoms with Gasteiger partial charge in [0, 0.05) is 24.6 Å². The van der Waals surface area contributed by atoms with Crippen LogP contribution < -0.4 is 0 Å². The van der Waals surface area contributed by atoms with Gasteiger partial charge in [-0.2, -0.15) is 0 Å². The molecule has 0 heterocycles. The predicted octanol–water partition coefficient (Wildman–Crippen LogP) is 7.17. The van der Waals surface area contributed by atoms with Crippen molar-refractivity contribution in [1.29, 1.82) is 0 Å². The second-order valence-electron chi connectivity index (χ2n) is 7.22. The maximum Gasteiger partial charge on any atom is 0.508 e. The van der Waals surface area contributed by atoms with Gasteiger partial charge in [0.2, 0.25) is 0 Å². The number of alkyl halides is 1. The standard InChI is InChI=1S/C22H39BrO3Si/c1-6-9-15-24-27(25-16-10-7-2,26-17-11-8-3)20(5)22-14-12-13-21(18-22)19(4)23/h12-14,18-20H,6-11,15-17H2,1-5H3. The van der Waals surface area contributed by atoms with Crippen LogP contribution in [0.15, 0.2) is 24.3 Å². The molecule has 0 aliphatic heterocycles. The first-order valence-electron chi connectivity index (χ1n) is 10.7. The zero-order valence-corrected chi connectivity index (χ0v) is 20.5. The van der Waals surface area contributed by atoms with Crippen molar-refractivity contribution in [3.05, 3.63) is 35.4 Å². The molecule has 3 nitrogen and oxygen atoms in total. The van der Waals surface area contributed by atoms with Gasteiger partial charge >= 0.3 is 8.80 Å². The molecule has 2 atom stereocenters. The SMILES string of the molecule is CCCCO[Si](OCCCC)(OCCCC)C(C)c1cccc(C(C)Br)c1. The van der Waals surface area contributed by atoms with Gasteiger partial charge in [-0.25, -0.2) is 0 Å². The predicted molar refractivity (Wildman–Crippen MR) is 121 cm³/mol. The molecule has 0 aromatic heterocycles. The van der Waals surface area contributed by atoms with Crippen molar-refractivity contribution in [2.24, 2.45) is 0 Å². The summed E-state index contributed by atoms with van der Waals surface area (Å²) in [7, 11) is -2.82.